The Hall–Kier alpha value is -4.71. The monoisotopic (exact) mass is 587 g/mol. The molecule has 2 amide bonds. The second-order valence-electron chi connectivity index (χ2n) is 9.14. The molecule has 0 radical (unpaired) electrons. The Morgan fingerprint density at radius 3 is 2.50 bits per heavy atom. The van der Waals surface area contributed by atoms with Crippen LogP contribution in [0.15, 0.2) is 66.9 Å². The number of fused-ring (bicyclic) bond motifs is 1. The molecule has 42 heavy (non-hydrogen) atoms. The Kier molecular flexibility index (Phi) is 10.3. The number of amides is 2. The molecule has 218 valence electrons. The number of hydrogen-bond donors (Lipinski definition) is 3. The molecule has 0 saturated carbocycles. The highest BCUT2D eigenvalue weighted by molar-refractivity contribution is 8.13. The van der Waals surface area contributed by atoms with E-state index in [0.29, 0.717) is 34.8 Å². The van der Waals surface area contributed by atoms with Gasteiger partial charge < -0.3 is 19.9 Å². The van der Waals surface area contributed by atoms with Gasteiger partial charge >= 0.3 is 5.97 Å². The van der Waals surface area contributed by atoms with Crippen LogP contribution in [0, 0.1) is 5.41 Å². The van der Waals surface area contributed by atoms with Gasteiger partial charge in [0.1, 0.15) is 17.5 Å². The van der Waals surface area contributed by atoms with E-state index in [1.165, 1.54) is 4.90 Å². The van der Waals surface area contributed by atoms with Crippen LogP contribution in [0.25, 0.3) is 11.0 Å². The summed E-state index contributed by atoms with van der Waals surface area (Å²) in [5.41, 5.74) is 3.39. The van der Waals surface area contributed by atoms with Crippen molar-refractivity contribution < 1.29 is 19.1 Å². The molecule has 0 aliphatic carbocycles. The number of esters is 1. The number of rotatable bonds is 11. The molecule has 0 atom stereocenters. The van der Waals surface area contributed by atoms with Crippen LogP contribution in [0.4, 0.5) is 16.3 Å². The summed E-state index contributed by atoms with van der Waals surface area (Å²) in [4.78, 5) is 47.9. The second kappa shape index (κ2) is 14.3. The molecule has 2 aromatic heterocycles. The van der Waals surface area contributed by atoms with Crippen LogP contribution in [0.3, 0.4) is 0 Å². The maximum atomic E-state index is 13.6. The van der Waals surface area contributed by atoms with Gasteiger partial charge in [0, 0.05) is 36.6 Å². The van der Waals surface area contributed by atoms with E-state index in [4.69, 9.17) is 15.1 Å². The molecule has 0 spiro atoms. The molecule has 2 aromatic carbocycles. The lowest BCUT2D eigenvalue weighted by atomic mass is 10.1. The first-order valence-corrected chi connectivity index (χ1v) is 14.5. The number of aromatic nitrogens is 3. The van der Waals surface area contributed by atoms with Crippen LogP contribution in [0.5, 0.6) is 0 Å². The third-order valence-electron chi connectivity index (χ3n) is 6.36. The molecule has 12 heteroatoms. The fourth-order valence-corrected chi connectivity index (χ4v) is 4.68. The van der Waals surface area contributed by atoms with E-state index < -0.39 is 0 Å². The van der Waals surface area contributed by atoms with E-state index >= 15 is 0 Å². The van der Waals surface area contributed by atoms with Gasteiger partial charge in [0.2, 0.25) is 0 Å². The summed E-state index contributed by atoms with van der Waals surface area (Å²) in [5, 5.41) is 13.7. The van der Waals surface area contributed by atoms with Crippen molar-refractivity contribution in [2.75, 3.05) is 29.1 Å². The maximum absolute atomic E-state index is 13.6. The van der Waals surface area contributed by atoms with Crippen molar-refractivity contribution in [3.05, 3.63) is 83.8 Å². The van der Waals surface area contributed by atoms with Gasteiger partial charge in [-0.15, -0.1) is 0 Å². The summed E-state index contributed by atoms with van der Waals surface area (Å²) in [5.74, 6) is 1.23. The average molecular weight is 588 g/mol. The standard InChI is InChI=1S/C30H33N7O4S/c1-4-41-27(38)15-17-37(25-8-6-7-16-32-25)29(39)21-11-14-24-23(18-21)34-26(36(24)3)19-33-22-12-9-20(10-13-22)28(31)35-30(40)42-5-2/h6-14,16,18,33H,4-5,15,17,19H2,1-3H3,(H2,31,35,40). The van der Waals surface area contributed by atoms with E-state index in [1.54, 1.807) is 55.6 Å². The number of amidine groups is 1. The van der Waals surface area contributed by atoms with Crippen LogP contribution < -0.4 is 15.5 Å². The number of benzene rings is 2. The highest BCUT2D eigenvalue weighted by atomic mass is 32.2. The molecular weight excluding hydrogens is 554 g/mol. The quantitative estimate of drug-likeness (QED) is 0.127. The molecular formula is C30H33N7O4S. The SMILES string of the molecule is CCOC(=O)CCN(C(=O)c1ccc2c(c1)nc(CNc1ccc(C(=N)NC(=O)SCC)cc1)n2C)c1ccccn1. The van der Waals surface area contributed by atoms with Gasteiger partial charge in [-0.05, 0) is 67.3 Å². The molecule has 0 fully saturated rings. The number of thioether (sulfide) groups is 1. The summed E-state index contributed by atoms with van der Waals surface area (Å²) in [6.07, 6.45) is 1.65. The summed E-state index contributed by atoms with van der Waals surface area (Å²) in [7, 11) is 1.91. The number of nitrogens with zero attached hydrogens (tertiary/aromatic N) is 4. The molecule has 2 heterocycles. The van der Waals surface area contributed by atoms with Gasteiger partial charge in [0.25, 0.3) is 11.1 Å². The number of ether oxygens (including phenoxy) is 1. The summed E-state index contributed by atoms with van der Waals surface area (Å²) in [6, 6.07) is 17.8. The number of carbonyl (C=O) groups is 3. The summed E-state index contributed by atoms with van der Waals surface area (Å²) in [6.45, 7) is 4.45. The van der Waals surface area contributed by atoms with Crippen molar-refractivity contribution in [1.29, 1.82) is 5.41 Å². The summed E-state index contributed by atoms with van der Waals surface area (Å²) < 4.78 is 7.00. The number of nitrogens with one attached hydrogen (secondary N) is 3. The Morgan fingerprint density at radius 2 is 1.81 bits per heavy atom. The molecule has 11 nitrogen and oxygen atoms in total. The minimum absolute atomic E-state index is 0.0481. The largest absolute Gasteiger partial charge is 0.466 e. The fourth-order valence-electron chi connectivity index (χ4n) is 4.24. The lowest BCUT2D eigenvalue weighted by molar-refractivity contribution is -0.142. The zero-order valence-electron chi connectivity index (χ0n) is 23.7. The first-order valence-electron chi connectivity index (χ1n) is 13.5. The lowest BCUT2D eigenvalue weighted by Gasteiger charge is -2.21. The number of pyridine rings is 1. The minimum Gasteiger partial charge on any atom is -0.466 e. The van der Waals surface area contributed by atoms with Crippen molar-refractivity contribution in [2.45, 2.75) is 26.8 Å². The van der Waals surface area contributed by atoms with Gasteiger partial charge in [-0.1, -0.05) is 24.8 Å². The zero-order chi connectivity index (χ0) is 30.1. The molecule has 0 aliphatic heterocycles. The fraction of sp³-hybridized carbons (Fsp3) is 0.267. The third-order valence-corrected chi connectivity index (χ3v) is 7.02. The first kappa shape index (κ1) is 30.3. The molecule has 0 aliphatic rings. The van der Waals surface area contributed by atoms with Gasteiger partial charge in [-0.25, -0.2) is 9.97 Å². The average Bonchev–Trinajstić information content (AvgIpc) is 3.31. The van der Waals surface area contributed by atoms with E-state index in [1.807, 2.05) is 36.7 Å². The normalized spacial score (nSPS) is 10.7. The highest BCUT2D eigenvalue weighted by Gasteiger charge is 2.21. The maximum Gasteiger partial charge on any atom is 0.307 e. The number of carbonyl (C=O) groups excluding carboxylic acids is 3. The Labute approximate surface area is 248 Å². The van der Waals surface area contributed by atoms with Crippen LogP contribution >= 0.6 is 11.8 Å². The predicted octanol–water partition coefficient (Wildman–Crippen LogP) is 4.97. The number of aryl methyl sites for hydroxylation is 1. The second-order valence-corrected chi connectivity index (χ2v) is 10.4. The van der Waals surface area contributed by atoms with Gasteiger partial charge in [0.05, 0.1) is 30.6 Å². The van der Waals surface area contributed by atoms with E-state index in [9.17, 15) is 14.4 Å². The molecule has 0 saturated heterocycles. The van der Waals surface area contributed by atoms with Crippen molar-refractivity contribution >= 4 is 57.3 Å². The van der Waals surface area contributed by atoms with E-state index in [2.05, 4.69) is 15.6 Å². The van der Waals surface area contributed by atoms with Crippen molar-refractivity contribution in [2.24, 2.45) is 7.05 Å². The number of hydrogen-bond acceptors (Lipinski definition) is 9. The molecule has 4 aromatic rings. The minimum atomic E-state index is -0.380. The molecule has 0 bridgehead atoms. The molecule has 0 unspecified atom stereocenters. The van der Waals surface area contributed by atoms with Crippen LogP contribution in [0.1, 0.15) is 42.0 Å². The Bertz CT molecular complexity index is 1570. The highest BCUT2D eigenvalue weighted by Crippen LogP contribution is 2.21. The predicted molar refractivity (Wildman–Crippen MR) is 165 cm³/mol. The number of imidazole rings is 1. The topological polar surface area (TPSA) is 142 Å². The number of anilines is 2. The van der Waals surface area contributed by atoms with Gasteiger partial charge in [-0.3, -0.25) is 24.7 Å². The van der Waals surface area contributed by atoms with Crippen molar-refractivity contribution in [3.63, 3.8) is 0 Å². The molecule has 3 N–H and O–H groups in total. The Balaban J connectivity index is 1.47. The van der Waals surface area contributed by atoms with Crippen LogP contribution in [-0.4, -0.2) is 56.4 Å². The van der Waals surface area contributed by atoms with Crippen molar-refractivity contribution in [1.82, 2.24) is 19.9 Å². The summed E-state index contributed by atoms with van der Waals surface area (Å²) >= 11 is 1.12. The van der Waals surface area contributed by atoms with Gasteiger partial charge in [0.15, 0.2) is 0 Å². The third kappa shape index (κ3) is 7.52. The zero-order valence-corrected chi connectivity index (χ0v) is 24.5. The van der Waals surface area contributed by atoms with Crippen molar-refractivity contribution in [3.8, 4) is 0 Å². The van der Waals surface area contributed by atoms with Crippen LogP contribution in [-0.2, 0) is 23.1 Å². The Morgan fingerprint density at radius 1 is 1.05 bits per heavy atom. The van der Waals surface area contributed by atoms with Crippen LogP contribution in [0.2, 0.25) is 0 Å². The first-order chi connectivity index (χ1) is 20.3. The molecule has 4 rings (SSSR count). The smallest absolute Gasteiger partial charge is 0.307 e. The lowest BCUT2D eigenvalue weighted by Crippen LogP contribution is -2.34. The van der Waals surface area contributed by atoms with Gasteiger partial charge in [-0.2, -0.15) is 0 Å². The van der Waals surface area contributed by atoms with E-state index in [-0.39, 0.29) is 42.5 Å². The van der Waals surface area contributed by atoms with E-state index in [0.717, 1.165) is 28.8 Å².